The Labute approximate surface area is 119 Å². The molecule has 1 aliphatic rings. The lowest BCUT2D eigenvalue weighted by atomic mass is 9.92. The highest BCUT2D eigenvalue weighted by molar-refractivity contribution is 9.10. The largest absolute Gasteiger partial charge is 0.371 e. The zero-order valence-electron chi connectivity index (χ0n) is 10.6. The minimum atomic E-state index is -0.296. The van der Waals surface area contributed by atoms with Gasteiger partial charge in [-0.15, -0.1) is 5.10 Å². The number of ether oxygens (including phenoxy) is 1. The van der Waals surface area contributed by atoms with Crippen LogP contribution in [-0.2, 0) is 18.2 Å². The number of aryl methyl sites for hydroxylation is 1. The second-order valence-corrected chi connectivity index (χ2v) is 5.41. The van der Waals surface area contributed by atoms with Gasteiger partial charge in [0.05, 0.1) is 18.3 Å². The lowest BCUT2D eigenvalue weighted by Crippen LogP contribution is -2.29. The summed E-state index contributed by atoms with van der Waals surface area (Å²) in [4.78, 5) is 0. The lowest BCUT2D eigenvalue weighted by molar-refractivity contribution is 0.0223. The molecule has 0 saturated heterocycles. The van der Waals surface area contributed by atoms with Gasteiger partial charge in [-0.3, -0.25) is 0 Å². The Kier molecular flexibility index (Phi) is 3.38. The molecule has 0 bridgehead atoms. The van der Waals surface area contributed by atoms with Crippen LogP contribution < -0.4 is 5.73 Å². The second-order valence-electron chi connectivity index (χ2n) is 4.66. The quantitative estimate of drug-likeness (QED) is 0.917. The van der Waals surface area contributed by atoms with Gasteiger partial charge in [-0.1, -0.05) is 29.5 Å². The van der Waals surface area contributed by atoms with Crippen LogP contribution in [-0.4, -0.2) is 21.6 Å². The van der Waals surface area contributed by atoms with Crippen LogP contribution in [0.25, 0.3) is 0 Å². The highest BCUT2D eigenvalue weighted by Gasteiger charge is 2.30. The van der Waals surface area contributed by atoms with Gasteiger partial charge in [0, 0.05) is 7.05 Å². The normalized spacial score (nSPS) is 20.1. The maximum atomic E-state index is 6.37. The van der Waals surface area contributed by atoms with Gasteiger partial charge in [-0.2, -0.15) is 0 Å². The van der Waals surface area contributed by atoms with Crippen molar-refractivity contribution in [3.05, 3.63) is 45.7 Å². The molecular formula is C13H15BrN4O. The Bertz CT molecular complexity index is 579. The van der Waals surface area contributed by atoms with Gasteiger partial charge in [0.25, 0.3) is 0 Å². The highest BCUT2D eigenvalue weighted by Crippen LogP contribution is 2.36. The van der Waals surface area contributed by atoms with Crippen molar-refractivity contribution in [3.8, 4) is 0 Å². The molecule has 3 rings (SSSR count). The van der Waals surface area contributed by atoms with Crippen LogP contribution in [0.5, 0.6) is 0 Å². The van der Waals surface area contributed by atoms with Crippen LogP contribution in [0.15, 0.2) is 28.9 Å². The number of benzene rings is 1. The first-order valence-electron chi connectivity index (χ1n) is 6.18. The van der Waals surface area contributed by atoms with Crippen LogP contribution in [0, 0.1) is 0 Å². The Morgan fingerprint density at radius 1 is 1.47 bits per heavy atom. The van der Waals surface area contributed by atoms with E-state index in [9.17, 15) is 0 Å². The van der Waals surface area contributed by atoms with E-state index in [0.29, 0.717) is 11.2 Å². The molecule has 1 aromatic heterocycles. The van der Waals surface area contributed by atoms with Crippen LogP contribution in [0.1, 0.15) is 29.0 Å². The zero-order valence-corrected chi connectivity index (χ0v) is 12.2. The van der Waals surface area contributed by atoms with Crippen molar-refractivity contribution in [2.24, 2.45) is 12.8 Å². The first-order valence-corrected chi connectivity index (χ1v) is 6.98. The predicted molar refractivity (Wildman–Crippen MR) is 74.5 cm³/mol. The van der Waals surface area contributed by atoms with Crippen molar-refractivity contribution < 1.29 is 4.74 Å². The third-order valence-electron chi connectivity index (χ3n) is 3.50. The van der Waals surface area contributed by atoms with Gasteiger partial charge in [-0.05, 0) is 33.5 Å². The van der Waals surface area contributed by atoms with Gasteiger partial charge in [0.2, 0.25) is 0 Å². The van der Waals surface area contributed by atoms with Crippen LogP contribution >= 0.6 is 15.9 Å². The number of hydrogen-bond donors (Lipinski definition) is 1. The summed E-state index contributed by atoms with van der Waals surface area (Å²) < 4.78 is 8.25. The summed E-state index contributed by atoms with van der Waals surface area (Å²) in [6, 6.07) is 7.99. The van der Waals surface area contributed by atoms with Gasteiger partial charge < -0.3 is 10.5 Å². The van der Waals surface area contributed by atoms with E-state index in [1.807, 2.05) is 19.2 Å². The summed E-state index contributed by atoms with van der Waals surface area (Å²) in [6.07, 6.45) is 0.781. The van der Waals surface area contributed by atoms with Crippen LogP contribution in [0.4, 0.5) is 0 Å². The summed E-state index contributed by atoms with van der Waals surface area (Å²) in [6.45, 7) is 0.693. The van der Waals surface area contributed by atoms with E-state index in [-0.39, 0.29) is 12.1 Å². The van der Waals surface area contributed by atoms with Crippen LogP contribution in [0.3, 0.4) is 0 Å². The fourth-order valence-electron chi connectivity index (χ4n) is 2.56. The second kappa shape index (κ2) is 5.03. The van der Waals surface area contributed by atoms with E-state index in [0.717, 1.165) is 17.7 Å². The number of nitrogens with two attached hydrogens (primary N) is 1. The predicted octanol–water partition coefficient (Wildman–Crippen LogP) is 1.89. The van der Waals surface area contributed by atoms with Gasteiger partial charge in [0.1, 0.15) is 6.10 Å². The smallest absolute Gasteiger partial charge is 0.153 e. The molecule has 2 atom stereocenters. The average Bonchev–Trinajstić information content (AvgIpc) is 2.77. The Hall–Kier alpha value is -1.24. The molecule has 0 amide bonds. The zero-order chi connectivity index (χ0) is 13.4. The Morgan fingerprint density at radius 2 is 2.26 bits per heavy atom. The van der Waals surface area contributed by atoms with Crippen molar-refractivity contribution in [1.82, 2.24) is 15.0 Å². The van der Waals surface area contributed by atoms with E-state index in [1.54, 1.807) is 4.68 Å². The number of rotatable bonds is 2. The molecule has 5 nitrogen and oxygen atoms in total. The molecule has 0 spiro atoms. The van der Waals surface area contributed by atoms with Crippen molar-refractivity contribution in [1.29, 1.82) is 0 Å². The van der Waals surface area contributed by atoms with Gasteiger partial charge in [0.15, 0.2) is 4.60 Å². The monoisotopic (exact) mass is 322 g/mol. The van der Waals surface area contributed by atoms with Crippen molar-refractivity contribution in [2.45, 2.75) is 18.6 Å². The molecule has 0 fully saturated rings. The molecule has 19 heavy (non-hydrogen) atoms. The number of fused-ring (bicyclic) bond motifs is 1. The minimum absolute atomic E-state index is 0.154. The molecule has 2 N–H and O–H groups in total. The molecule has 2 aromatic rings. The van der Waals surface area contributed by atoms with E-state index in [4.69, 9.17) is 10.5 Å². The fourth-order valence-corrected chi connectivity index (χ4v) is 3.15. The molecule has 0 aliphatic carbocycles. The standard InChI is InChI=1S/C13H15BrN4O/c1-18-11(13(14)16-17-18)10(15)12-9-5-3-2-4-8(9)6-7-19-12/h2-5,10,12H,6-7,15H2,1H3. The van der Waals surface area contributed by atoms with Crippen molar-refractivity contribution in [2.75, 3.05) is 6.61 Å². The Balaban J connectivity index is 2.00. The molecule has 2 heterocycles. The third-order valence-corrected chi connectivity index (χ3v) is 4.06. The maximum Gasteiger partial charge on any atom is 0.153 e. The van der Waals surface area contributed by atoms with Crippen LogP contribution in [0.2, 0.25) is 0 Å². The van der Waals surface area contributed by atoms with E-state index in [1.165, 1.54) is 5.56 Å². The summed E-state index contributed by atoms with van der Waals surface area (Å²) in [5, 5.41) is 7.95. The van der Waals surface area contributed by atoms with E-state index < -0.39 is 0 Å². The first-order chi connectivity index (χ1) is 9.18. The van der Waals surface area contributed by atoms with E-state index in [2.05, 4.69) is 38.4 Å². The van der Waals surface area contributed by atoms with Gasteiger partial charge in [-0.25, -0.2) is 4.68 Å². The molecule has 1 aromatic carbocycles. The number of halogens is 1. The summed E-state index contributed by atoms with van der Waals surface area (Å²) in [5.41, 5.74) is 9.69. The first kappa shape index (κ1) is 12.8. The van der Waals surface area contributed by atoms with Gasteiger partial charge >= 0.3 is 0 Å². The third kappa shape index (κ3) is 2.20. The van der Waals surface area contributed by atoms with E-state index >= 15 is 0 Å². The summed E-state index contributed by atoms with van der Waals surface area (Å²) >= 11 is 3.39. The number of hydrogen-bond acceptors (Lipinski definition) is 4. The molecule has 0 radical (unpaired) electrons. The maximum absolute atomic E-state index is 6.37. The van der Waals surface area contributed by atoms with Crippen molar-refractivity contribution >= 4 is 15.9 Å². The van der Waals surface area contributed by atoms with Crippen molar-refractivity contribution in [3.63, 3.8) is 0 Å². The fraction of sp³-hybridized carbons (Fsp3) is 0.385. The number of aromatic nitrogens is 3. The number of nitrogens with zero attached hydrogens (tertiary/aromatic N) is 3. The highest BCUT2D eigenvalue weighted by atomic mass is 79.9. The lowest BCUT2D eigenvalue weighted by Gasteiger charge is -2.30. The Morgan fingerprint density at radius 3 is 3.00 bits per heavy atom. The minimum Gasteiger partial charge on any atom is -0.371 e. The summed E-state index contributed by atoms with van der Waals surface area (Å²) in [7, 11) is 1.84. The molecule has 1 aliphatic heterocycles. The molecule has 6 heteroatoms. The SMILES string of the molecule is Cn1nnc(Br)c1C(N)C1OCCc2ccccc21. The summed E-state index contributed by atoms with van der Waals surface area (Å²) in [5.74, 6) is 0. The molecule has 100 valence electrons. The molecule has 0 saturated carbocycles. The topological polar surface area (TPSA) is 66.0 Å². The molecule has 2 unspecified atom stereocenters. The molecular weight excluding hydrogens is 308 g/mol. The average molecular weight is 323 g/mol.